The van der Waals surface area contributed by atoms with Crippen molar-refractivity contribution in [1.29, 1.82) is 0 Å². The molecule has 3 aromatic rings. The Morgan fingerprint density at radius 2 is 2.09 bits per heavy atom. The number of rotatable bonds is 5. The number of aromatic nitrogens is 2. The van der Waals surface area contributed by atoms with E-state index < -0.39 is 18.4 Å². The summed E-state index contributed by atoms with van der Waals surface area (Å²) in [5.74, 6) is -0.674. The number of likely N-dealkylation sites (tertiary alicyclic amines) is 1. The largest absolute Gasteiger partial charge is 0.344 e. The number of amides is 2. The second-order valence-corrected chi connectivity index (χ2v) is 8.67. The number of hydrogen-bond acceptors (Lipinski definition) is 4. The van der Waals surface area contributed by atoms with E-state index in [1.165, 1.54) is 9.80 Å². The Morgan fingerprint density at radius 1 is 1.27 bits per heavy atom. The molecule has 33 heavy (non-hydrogen) atoms. The van der Waals surface area contributed by atoms with Crippen molar-refractivity contribution in [3.05, 3.63) is 53.7 Å². The molecule has 7 nitrogen and oxygen atoms in total. The average molecular weight is 453 g/mol. The van der Waals surface area contributed by atoms with Crippen molar-refractivity contribution in [2.75, 3.05) is 25.0 Å². The second-order valence-electron chi connectivity index (χ2n) is 8.67. The van der Waals surface area contributed by atoms with Gasteiger partial charge in [-0.3, -0.25) is 14.3 Å². The van der Waals surface area contributed by atoms with Gasteiger partial charge in [0.2, 0.25) is 5.91 Å². The van der Waals surface area contributed by atoms with E-state index in [4.69, 9.17) is 0 Å². The summed E-state index contributed by atoms with van der Waals surface area (Å²) in [7, 11) is 3.78. The van der Waals surface area contributed by atoms with Crippen LogP contribution in [0.25, 0.3) is 10.9 Å². The van der Waals surface area contributed by atoms with Crippen LogP contribution >= 0.6 is 0 Å². The van der Waals surface area contributed by atoms with Crippen molar-refractivity contribution in [3.63, 3.8) is 0 Å². The molecule has 5 rings (SSSR count). The molecule has 0 spiro atoms. The van der Waals surface area contributed by atoms with Crippen molar-refractivity contribution in [3.8, 4) is 0 Å². The Morgan fingerprint density at radius 3 is 2.88 bits per heavy atom. The van der Waals surface area contributed by atoms with Gasteiger partial charge in [0.1, 0.15) is 6.54 Å². The maximum absolute atomic E-state index is 13.3. The van der Waals surface area contributed by atoms with E-state index in [-0.39, 0.29) is 19.0 Å². The minimum atomic E-state index is -2.57. The SMILES string of the molecule is CN(c1ccc2c(cnn2C)c1)c1cccc2c1C(=O)N(CC(=O)N1CCCC1C(F)F)C2. The molecule has 172 valence electrons. The fraction of sp³-hybridized carbons (Fsp3) is 0.375. The fourth-order valence-electron chi connectivity index (χ4n) is 4.92. The van der Waals surface area contributed by atoms with E-state index in [1.54, 1.807) is 10.9 Å². The van der Waals surface area contributed by atoms with Crippen LogP contribution < -0.4 is 4.90 Å². The van der Waals surface area contributed by atoms with Crippen LogP contribution in [0.5, 0.6) is 0 Å². The molecule has 1 atom stereocenters. The van der Waals surface area contributed by atoms with Gasteiger partial charge in [-0.25, -0.2) is 8.78 Å². The molecule has 0 radical (unpaired) electrons. The molecule has 3 heterocycles. The summed E-state index contributed by atoms with van der Waals surface area (Å²) in [5, 5.41) is 5.27. The Hall–Kier alpha value is -3.49. The molecule has 2 aliphatic rings. The molecule has 2 aliphatic heterocycles. The van der Waals surface area contributed by atoms with Crippen LogP contribution in [0.3, 0.4) is 0 Å². The number of carbonyl (C=O) groups excluding carboxylic acids is 2. The molecule has 0 saturated carbocycles. The van der Waals surface area contributed by atoms with Gasteiger partial charge in [0.15, 0.2) is 0 Å². The average Bonchev–Trinajstić information content (AvgIpc) is 3.51. The third-order valence-electron chi connectivity index (χ3n) is 6.71. The van der Waals surface area contributed by atoms with E-state index in [2.05, 4.69) is 5.10 Å². The Kier molecular flexibility index (Phi) is 5.26. The van der Waals surface area contributed by atoms with E-state index >= 15 is 0 Å². The zero-order chi connectivity index (χ0) is 23.3. The molecule has 1 unspecified atom stereocenters. The van der Waals surface area contributed by atoms with Gasteiger partial charge in [-0.15, -0.1) is 0 Å². The number of alkyl halides is 2. The fourth-order valence-corrected chi connectivity index (χ4v) is 4.92. The molecule has 1 saturated heterocycles. The van der Waals surface area contributed by atoms with Gasteiger partial charge >= 0.3 is 0 Å². The first kappa shape index (κ1) is 21.4. The predicted octanol–water partition coefficient (Wildman–Crippen LogP) is 3.55. The minimum absolute atomic E-state index is 0.193. The Balaban J connectivity index is 1.39. The summed E-state index contributed by atoms with van der Waals surface area (Å²) in [6.45, 7) is 0.408. The summed E-state index contributed by atoms with van der Waals surface area (Å²) in [6.07, 6.45) is 0.0882. The highest BCUT2D eigenvalue weighted by molar-refractivity contribution is 6.05. The molecule has 2 amide bonds. The van der Waals surface area contributed by atoms with Gasteiger partial charge < -0.3 is 14.7 Å². The Bertz CT molecular complexity index is 1240. The smallest absolute Gasteiger partial charge is 0.258 e. The lowest BCUT2D eigenvalue weighted by Gasteiger charge is -2.26. The van der Waals surface area contributed by atoms with Crippen molar-refractivity contribution in [2.24, 2.45) is 7.05 Å². The normalized spacial score (nSPS) is 18.0. The van der Waals surface area contributed by atoms with Gasteiger partial charge in [-0.2, -0.15) is 5.10 Å². The highest BCUT2D eigenvalue weighted by Gasteiger charge is 2.38. The first-order valence-corrected chi connectivity index (χ1v) is 11.0. The van der Waals surface area contributed by atoms with E-state index in [9.17, 15) is 18.4 Å². The number of benzene rings is 2. The summed E-state index contributed by atoms with van der Waals surface area (Å²) in [5.41, 5.74) is 4.03. The predicted molar refractivity (Wildman–Crippen MR) is 121 cm³/mol. The third kappa shape index (κ3) is 3.61. The lowest BCUT2D eigenvalue weighted by molar-refractivity contribution is -0.135. The summed E-state index contributed by atoms with van der Waals surface area (Å²) in [6, 6.07) is 10.6. The molecule has 9 heteroatoms. The molecule has 1 fully saturated rings. The highest BCUT2D eigenvalue weighted by Crippen LogP contribution is 2.35. The molecular formula is C24H25F2N5O2. The van der Waals surface area contributed by atoms with Gasteiger partial charge in [0.25, 0.3) is 12.3 Å². The Labute approximate surface area is 190 Å². The number of nitrogens with zero attached hydrogens (tertiary/aromatic N) is 5. The second kappa shape index (κ2) is 8.13. The zero-order valence-corrected chi connectivity index (χ0v) is 18.5. The maximum atomic E-state index is 13.3. The number of carbonyl (C=O) groups is 2. The zero-order valence-electron chi connectivity index (χ0n) is 18.5. The number of hydrogen-bond donors (Lipinski definition) is 0. The lowest BCUT2D eigenvalue weighted by Crippen LogP contribution is -2.45. The topological polar surface area (TPSA) is 61.7 Å². The molecular weight excluding hydrogens is 428 g/mol. The van der Waals surface area contributed by atoms with Crippen molar-refractivity contribution in [1.82, 2.24) is 19.6 Å². The molecule has 0 aliphatic carbocycles. The highest BCUT2D eigenvalue weighted by atomic mass is 19.3. The minimum Gasteiger partial charge on any atom is -0.344 e. The van der Waals surface area contributed by atoms with Crippen LogP contribution in [0.15, 0.2) is 42.6 Å². The van der Waals surface area contributed by atoms with Gasteiger partial charge in [0.05, 0.1) is 29.0 Å². The van der Waals surface area contributed by atoms with Crippen LogP contribution in [0.1, 0.15) is 28.8 Å². The number of halogens is 2. The lowest BCUT2D eigenvalue weighted by atomic mass is 10.1. The summed E-state index contributed by atoms with van der Waals surface area (Å²) < 4.78 is 28.3. The monoisotopic (exact) mass is 453 g/mol. The first-order valence-electron chi connectivity index (χ1n) is 11.0. The van der Waals surface area contributed by atoms with E-state index in [0.717, 1.165) is 27.8 Å². The van der Waals surface area contributed by atoms with Crippen LogP contribution in [0.2, 0.25) is 0 Å². The van der Waals surface area contributed by atoms with Crippen molar-refractivity contribution in [2.45, 2.75) is 31.9 Å². The molecule has 2 aromatic carbocycles. The number of aryl methyl sites for hydroxylation is 1. The maximum Gasteiger partial charge on any atom is 0.258 e. The van der Waals surface area contributed by atoms with Crippen LogP contribution in [0, 0.1) is 0 Å². The van der Waals surface area contributed by atoms with Crippen LogP contribution in [-0.2, 0) is 18.4 Å². The first-order chi connectivity index (χ1) is 15.8. The van der Waals surface area contributed by atoms with Crippen molar-refractivity contribution < 1.29 is 18.4 Å². The van der Waals surface area contributed by atoms with Gasteiger partial charge in [-0.1, -0.05) is 12.1 Å². The summed E-state index contributed by atoms with van der Waals surface area (Å²) >= 11 is 0. The molecule has 1 aromatic heterocycles. The molecule has 0 bridgehead atoms. The van der Waals surface area contributed by atoms with Gasteiger partial charge in [-0.05, 0) is 42.7 Å². The third-order valence-corrected chi connectivity index (χ3v) is 6.71. The summed E-state index contributed by atoms with van der Waals surface area (Å²) in [4.78, 5) is 30.7. The van der Waals surface area contributed by atoms with Crippen LogP contribution in [-0.4, -0.2) is 64.0 Å². The standard InChI is InChI=1S/C24H25F2N5O2/c1-28(17-8-9-18-16(11-17)12-27-29(18)2)19-6-3-5-15-13-30(24(33)22(15)19)14-21(32)31-10-4-7-20(31)23(25)26/h3,5-6,8-9,11-12,20,23H,4,7,10,13-14H2,1-2H3. The van der Waals surface area contributed by atoms with Crippen LogP contribution in [0.4, 0.5) is 20.2 Å². The number of fused-ring (bicyclic) bond motifs is 2. The van der Waals surface area contributed by atoms with Gasteiger partial charge in [0, 0.05) is 38.3 Å². The van der Waals surface area contributed by atoms with E-state index in [1.807, 2.05) is 55.4 Å². The quantitative estimate of drug-likeness (QED) is 0.593. The number of anilines is 2. The van der Waals surface area contributed by atoms with Crippen molar-refractivity contribution >= 4 is 34.1 Å². The van der Waals surface area contributed by atoms with E-state index in [0.29, 0.717) is 24.9 Å². The molecule has 0 N–H and O–H groups in total.